The molecule has 0 N–H and O–H groups in total. The average molecular weight is 535 g/mol. The fourth-order valence-electron chi connectivity index (χ4n) is 7.40. The average Bonchev–Trinajstić information content (AvgIpc) is 3.26. The second-order valence-corrected chi connectivity index (χ2v) is 11.8. The third kappa shape index (κ3) is 4.69. The predicted molar refractivity (Wildman–Crippen MR) is 136 cm³/mol. The molecule has 0 amide bonds. The smallest absolute Gasteiger partial charge is 0.432 e. The Balaban J connectivity index is 1.73. The lowest BCUT2D eigenvalue weighted by molar-refractivity contribution is -0.278. The van der Waals surface area contributed by atoms with Gasteiger partial charge in [0, 0.05) is 12.7 Å². The van der Waals surface area contributed by atoms with Crippen LogP contribution in [-0.4, -0.2) is 37.9 Å². The number of hydrogen-bond acceptors (Lipinski definition) is 5. The Hall–Kier alpha value is -2.61. The molecule has 2 aliphatic carbocycles. The Morgan fingerprint density at radius 1 is 1.18 bits per heavy atom. The Labute approximate surface area is 222 Å². The monoisotopic (exact) mass is 534 g/mol. The van der Waals surface area contributed by atoms with E-state index in [1.54, 1.807) is 6.07 Å². The van der Waals surface area contributed by atoms with E-state index in [0.29, 0.717) is 5.92 Å². The highest BCUT2D eigenvalue weighted by Gasteiger charge is 2.65. The molecule has 1 aromatic rings. The maximum absolute atomic E-state index is 14.6. The maximum atomic E-state index is 14.6. The number of allylic oxidation sites excluding steroid dienone is 1. The normalized spacial score (nSPS) is 29.5. The third-order valence-electron chi connectivity index (χ3n) is 9.29. The number of carbonyl (C=O) groups excluding carboxylic acids is 2. The van der Waals surface area contributed by atoms with Crippen molar-refractivity contribution in [1.82, 2.24) is 0 Å². The highest BCUT2D eigenvalue weighted by atomic mass is 19.4. The van der Waals surface area contributed by atoms with Gasteiger partial charge in [-0.05, 0) is 60.8 Å². The van der Waals surface area contributed by atoms with Crippen molar-refractivity contribution in [2.75, 3.05) is 13.7 Å². The van der Waals surface area contributed by atoms with Crippen LogP contribution in [0, 0.1) is 22.7 Å². The fraction of sp³-hybridized carbons (Fsp3) is 0.600. The molecule has 0 spiro atoms. The van der Waals surface area contributed by atoms with Gasteiger partial charge in [0.1, 0.15) is 12.7 Å². The Bertz CT molecular complexity index is 1110. The number of benzene rings is 1. The number of methoxy groups -OCH3 is 1. The molecule has 0 aromatic heterocycles. The maximum Gasteiger partial charge on any atom is 0.432 e. The van der Waals surface area contributed by atoms with Gasteiger partial charge in [-0.1, -0.05) is 69.7 Å². The number of alkyl halides is 3. The first-order valence-electron chi connectivity index (χ1n) is 13.2. The number of carbonyl (C=O) groups is 2. The molecule has 1 aliphatic heterocycles. The van der Waals surface area contributed by atoms with E-state index in [9.17, 15) is 22.8 Å². The van der Waals surface area contributed by atoms with E-state index in [2.05, 4.69) is 27.4 Å². The molecule has 5 atom stereocenters. The van der Waals surface area contributed by atoms with Crippen LogP contribution < -0.4 is 0 Å². The number of rotatable bonds is 7. The minimum absolute atomic E-state index is 0.0197. The summed E-state index contributed by atoms with van der Waals surface area (Å²) in [5.74, 6) is -2.08. The predicted octanol–water partition coefficient (Wildman–Crippen LogP) is 6.67. The van der Waals surface area contributed by atoms with Gasteiger partial charge in [-0.15, -0.1) is 0 Å². The molecule has 208 valence electrons. The van der Waals surface area contributed by atoms with E-state index in [1.807, 2.05) is 0 Å². The van der Waals surface area contributed by atoms with Gasteiger partial charge in [0.15, 0.2) is 0 Å². The number of cyclic esters (lactones) is 1. The first-order chi connectivity index (χ1) is 17.8. The summed E-state index contributed by atoms with van der Waals surface area (Å²) in [6.07, 6.45) is 0.117. The van der Waals surface area contributed by atoms with Crippen molar-refractivity contribution in [3.63, 3.8) is 0 Å². The lowest BCUT2D eigenvalue weighted by atomic mass is 9.47. The summed E-state index contributed by atoms with van der Waals surface area (Å²) in [5.41, 5.74) is -2.80. The summed E-state index contributed by atoms with van der Waals surface area (Å²) < 4.78 is 59.4. The van der Waals surface area contributed by atoms with E-state index in [0.717, 1.165) is 44.8 Å². The molecule has 0 bridgehead atoms. The second-order valence-electron chi connectivity index (χ2n) is 11.8. The van der Waals surface area contributed by atoms with E-state index >= 15 is 0 Å². The van der Waals surface area contributed by atoms with Crippen LogP contribution in [0.3, 0.4) is 0 Å². The summed E-state index contributed by atoms with van der Waals surface area (Å²) in [7, 11) is 0.832. The summed E-state index contributed by atoms with van der Waals surface area (Å²) in [6.45, 7) is 11.1. The molecule has 0 unspecified atom stereocenters. The second kappa shape index (κ2) is 10.2. The van der Waals surface area contributed by atoms with Gasteiger partial charge in [-0.25, -0.2) is 9.59 Å². The zero-order chi connectivity index (χ0) is 27.9. The highest BCUT2D eigenvalue weighted by molar-refractivity contribution is 5.92. The van der Waals surface area contributed by atoms with Crippen LogP contribution in [0.2, 0.25) is 0 Å². The largest absolute Gasteiger partial charge is 0.458 e. The quantitative estimate of drug-likeness (QED) is 0.289. The van der Waals surface area contributed by atoms with Crippen LogP contribution in [0.5, 0.6) is 0 Å². The minimum atomic E-state index is -5.12. The Morgan fingerprint density at radius 2 is 1.87 bits per heavy atom. The van der Waals surface area contributed by atoms with Crippen LogP contribution >= 0.6 is 0 Å². The molecule has 0 radical (unpaired) electrons. The highest BCUT2D eigenvalue weighted by Crippen LogP contribution is 2.62. The van der Waals surface area contributed by atoms with Crippen molar-refractivity contribution in [3.8, 4) is 0 Å². The lowest BCUT2D eigenvalue weighted by Crippen LogP contribution is -2.53. The molecule has 4 rings (SSSR count). The molecular formula is C30H37F3O5. The molecule has 38 heavy (non-hydrogen) atoms. The van der Waals surface area contributed by atoms with Gasteiger partial charge in [-0.3, -0.25) is 0 Å². The number of fused-ring (bicyclic) bond motifs is 1. The zero-order valence-corrected chi connectivity index (χ0v) is 22.5. The molecule has 8 heteroatoms. The van der Waals surface area contributed by atoms with E-state index in [4.69, 9.17) is 14.2 Å². The number of hydrogen-bond donors (Lipinski definition) is 0. The van der Waals surface area contributed by atoms with Crippen molar-refractivity contribution in [2.24, 2.45) is 22.7 Å². The third-order valence-corrected chi connectivity index (χ3v) is 9.29. The van der Waals surface area contributed by atoms with Gasteiger partial charge in [0.2, 0.25) is 0 Å². The first kappa shape index (κ1) is 28.4. The molecule has 5 nitrogen and oxygen atoms in total. The van der Waals surface area contributed by atoms with Crippen LogP contribution in [-0.2, 0) is 29.4 Å². The van der Waals surface area contributed by atoms with Crippen LogP contribution in [0.1, 0.15) is 64.9 Å². The van der Waals surface area contributed by atoms with Gasteiger partial charge in [0.05, 0.1) is 5.57 Å². The van der Waals surface area contributed by atoms with Crippen LogP contribution in [0.25, 0.3) is 0 Å². The van der Waals surface area contributed by atoms with Gasteiger partial charge in [-0.2, -0.15) is 13.2 Å². The Morgan fingerprint density at radius 3 is 2.45 bits per heavy atom. The van der Waals surface area contributed by atoms with Crippen molar-refractivity contribution in [1.29, 1.82) is 0 Å². The molecular weight excluding hydrogens is 497 g/mol. The minimum Gasteiger partial charge on any atom is -0.458 e. The topological polar surface area (TPSA) is 61.8 Å². The molecule has 1 heterocycles. The van der Waals surface area contributed by atoms with E-state index in [-0.39, 0.29) is 35.3 Å². The molecule has 3 aliphatic rings. The summed E-state index contributed by atoms with van der Waals surface area (Å²) in [6, 6.07) is 6.69. The summed E-state index contributed by atoms with van der Waals surface area (Å²) in [5, 5.41) is 0. The van der Waals surface area contributed by atoms with Crippen molar-refractivity contribution in [3.05, 3.63) is 59.7 Å². The first-order valence-corrected chi connectivity index (χ1v) is 13.2. The fourth-order valence-corrected chi connectivity index (χ4v) is 7.40. The van der Waals surface area contributed by atoms with Crippen molar-refractivity contribution >= 4 is 11.9 Å². The van der Waals surface area contributed by atoms with Crippen LogP contribution in [0.4, 0.5) is 13.2 Å². The van der Waals surface area contributed by atoms with Gasteiger partial charge < -0.3 is 14.2 Å². The summed E-state index contributed by atoms with van der Waals surface area (Å²) in [4.78, 5) is 26.2. The molecule has 0 saturated heterocycles. The zero-order valence-electron chi connectivity index (χ0n) is 22.5. The van der Waals surface area contributed by atoms with Gasteiger partial charge >= 0.3 is 18.1 Å². The SMILES string of the molecule is C=C1CC[C@H]2C(C)(C)CCC[C@]2(C)[C@H]1C[C@@H](OC(=O)[C@](OC)(c1ccccc1)C(F)(F)F)C1=CCOC1=O. The lowest BCUT2D eigenvalue weighted by Gasteiger charge is -2.58. The number of esters is 2. The number of ether oxygens (including phenoxy) is 3. The van der Waals surface area contributed by atoms with Gasteiger partial charge in [0.25, 0.3) is 5.60 Å². The summed E-state index contributed by atoms with van der Waals surface area (Å²) >= 11 is 0. The standard InChI is InChI=1S/C30H37F3O5/c1-19-12-13-24-27(2,3)15-9-16-28(24,4)22(19)18-23(21-14-17-37-25(21)34)38-26(35)29(36-5,30(31,32)33)20-10-7-6-8-11-20/h6-8,10-11,14,22-24H,1,9,12-13,15-18H2,2-5H3/t22-,23+,24-,28+,29+/m0/s1. The molecule has 1 aromatic carbocycles. The van der Waals surface area contributed by atoms with Crippen molar-refractivity contribution in [2.45, 2.75) is 77.2 Å². The van der Waals surface area contributed by atoms with Crippen molar-refractivity contribution < 1.29 is 37.0 Å². The van der Waals surface area contributed by atoms with Crippen LogP contribution in [0.15, 0.2) is 54.1 Å². The van der Waals surface area contributed by atoms with E-state index < -0.39 is 35.4 Å². The van der Waals surface area contributed by atoms with E-state index in [1.165, 1.54) is 30.3 Å². The number of halogens is 3. The molecule has 2 saturated carbocycles. The molecule has 2 fully saturated rings. The Kier molecular flexibility index (Phi) is 7.60.